The molecule has 1 unspecified atom stereocenters. The Morgan fingerprint density at radius 2 is 1.00 bits per heavy atom. The Hall–Kier alpha value is -1.53. The zero-order chi connectivity index (χ0) is 20.0. The maximum Gasteiger partial charge on any atom is 0.123 e. The fourth-order valence-corrected chi connectivity index (χ4v) is 3.91. The molecule has 0 aliphatic carbocycles. The topological polar surface area (TPSA) is 40.5 Å². The van der Waals surface area contributed by atoms with E-state index in [1.54, 1.807) is 0 Å². The summed E-state index contributed by atoms with van der Waals surface area (Å²) >= 11 is 0. The summed E-state index contributed by atoms with van der Waals surface area (Å²) in [5, 5.41) is 22.0. The van der Waals surface area contributed by atoms with Crippen LogP contribution in [0.1, 0.15) is 80.6 Å². The van der Waals surface area contributed by atoms with Crippen LogP contribution in [0.15, 0.2) is 24.3 Å². The molecule has 0 heterocycles. The Morgan fingerprint density at radius 3 is 1.27 bits per heavy atom. The molecule has 2 aromatic rings. The first kappa shape index (κ1) is 20.8. The van der Waals surface area contributed by atoms with E-state index in [0.717, 1.165) is 33.4 Å². The number of phenols is 2. The summed E-state index contributed by atoms with van der Waals surface area (Å²) in [6.07, 6.45) is 0. The highest BCUT2D eigenvalue weighted by Crippen LogP contribution is 2.46. The smallest absolute Gasteiger partial charge is 0.123 e. The minimum Gasteiger partial charge on any atom is -0.507 e. The van der Waals surface area contributed by atoms with E-state index >= 15 is 0 Å². The summed E-state index contributed by atoms with van der Waals surface area (Å²) in [4.78, 5) is 0. The van der Waals surface area contributed by atoms with E-state index in [0.29, 0.717) is 11.5 Å². The highest BCUT2D eigenvalue weighted by Gasteiger charge is 2.27. The van der Waals surface area contributed by atoms with E-state index in [1.807, 2.05) is 38.1 Å². The second kappa shape index (κ2) is 6.89. The van der Waals surface area contributed by atoms with Crippen molar-refractivity contribution in [2.75, 3.05) is 0 Å². The molecule has 2 nitrogen and oxygen atoms in total. The predicted molar refractivity (Wildman–Crippen MR) is 115 cm³/mol. The van der Waals surface area contributed by atoms with Gasteiger partial charge in [0.2, 0.25) is 0 Å². The average molecular weight is 372 g/mol. The zero-order valence-electron chi connectivity index (χ0n) is 17.4. The summed E-state index contributed by atoms with van der Waals surface area (Å²) in [6.45, 7) is 16.7. The second-order valence-electron chi connectivity index (χ2n) is 9.48. The molecule has 1 atom stereocenters. The Labute approximate surface area is 160 Å². The van der Waals surface area contributed by atoms with Crippen molar-refractivity contribution in [3.05, 3.63) is 57.6 Å². The first-order valence-electron chi connectivity index (χ1n) is 9.17. The normalized spacial score (nSPS) is 12.7. The number of benzene rings is 2. The van der Waals surface area contributed by atoms with Crippen LogP contribution in [0.5, 0.6) is 11.5 Å². The molecule has 0 saturated carbocycles. The van der Waals surface area contributed by atoms with Gasteiger partial charge in [-0.25, -0.2) is 0 Å². The van der Waals surface area contributed by atoms with Crippen molar-refractivity contribution in [1.82, 2.24) is 0 Å². The molecule has 0 aliphatic heterocycles. The maximum atomic E-state index is 11.0. The molecule has 0 amide bonds. The van der Waals surface area contributed by atoms with Crippen LogP contribution < -0.4 is 0 Å². The van der Waals surface area contributed by atoms with E-state index in [-0.39, 0.29) is 16.5 Å². The average Bonchev–Trinajstić information content (AvgIpc) is 2.48. The fraction of sp³-hybridized carbons (Fsp3) is 0.478. The first-order chi connectivity index (χ1) is 11.7. The molecule has 142 valence electrons. The van der Waals surface area contributed by atoms with E-state index < -0.39 is 0 Å². The lowest BCUT2D eigenvalue weighted by molar-refractivity contribution is 0.434. The van der Waals surface area contributed by atoms with Crippen molar-refractivity contribution in [3.8, 4) is 11.5 Å². The van der Waals surface area contributed by atoms with Gasteiger partial charge >= 0.3 is 0 Å². The lowest BCUT2D eigenvalue weighted by atomic mass is 9.81. The van der Waals surface area contributed by atoms with Gasteiger partial charge in [0.05, 0.1) is 0 Å². The predicted octanol–water partition coefficient (Wildman–Crippen LogP) is 6.27. The van der Waals surface area contributed by atoms with E-state index in [4.69, 9.17) is 0 Å². The largest absolute Gasteiger partial charge is 0.507 e. The van der Waals surface area contributed by atoms with Gasteiger partial charge in [-0.1, -0.05) is 76.9 Å². The van der Waals surface area contributed by atoms with Gasteiger partial charge in [0, 0.05) is 16.8 Å². The van der Waals surface area contributed by atoms with Crippen LogP contribution in [0.25, 0.3) is 0 Å². The Morgan fingerprint density at radius 1 is 0.692 bits per heavy atom. The van der Waals surface area contributed by atoms with Crippen LogP contribution in [-0.2, 0) is 10.8 Å². The van der Waals surface area contributed by atoms with Crippen molar-refractivity contribution < 1.29 is 10.2 Å². The standard InChI is InChI=1S/C23H33O2P/c1-13-9-15(19(24)17(11-13)22(3,4)5)21(26)16-10-14(2)12-18(20(16)25)23(6,7)8/h9-12,21,24-25H,26H2,1-8H3. The van der Waals surface area contributed by atoms with Crippen LogP contribution in [-0.4, -0.2) is 10.2 Å². The zero-order valence-corrected chi connectivity index (χ0v) is 18.5. The van der Waals surface area contributed by atoms with Gasteiger partial charge in [-0.3, -0.25) is 0 Å². The van der Waals surface area contributed by atoms with Crippen LogP contribution in [0, 0.1) is 13.8 Å². The summed E-state index contributed by atoms with van der Waals surface area (Å²) < 4.78 is 0. The maximum absolute atomic E-state index is 11.0. The SMILES string of the molecule is Cc1cc(C(P)c2cc(C)cc(C(C)(C)C)c2O)c(O)c(C(C)(C)C)c1. The van der Waals surface area contributed by atoms with Crippen molar-refractivity contribution in [3.63, 3.8) is 0 Å². The molecular weight excluding hydrogens is 339 g/mol. The molecule has 0 aliphatic rings. The van der Waals surface area contributed by atoms with Crippen molar-refractivity contribution in [2.45, 2.75) is 71.9 Å². The van der Waals surface area contributed by atoms with Gasteiger partial charge in [-0.05, 0) is 35.8 Å². The monoisotopic (exact) mass is 372 g/mol. The molecular formula is C23H33O2P. The van der Waals surface area contributed by atoms with Gasteiger partial charge in [0.15, 0.2) is 0 Å². The quantitative estimate of drug-likeness (QED) is 0.610. The van der Waals surface area contributed by atoms with Gasteiger partial charge in [0.25, 0.3) is 0 Å². The third-order valence-electron chi connectivity index (χ3n) is 4.85. The summed E-state index contributed by atoms with van der Waals surface area (Å²) in [5.74, 6) is 0.641. The number of aryl methyl sites for hydroxylation is 2. The van der Waals surface area contributed by atoms with Gasteiger partial charge in [-0.2, -0.15) is 0 Å². The molecule has 0 saturated heterocycles. The number of hydrogen-bond donors (Lipinski definition) is 2. The third-order valence-corrected chi connectivity index (χ3v) is 5.57. The molecule has 3 heteroatoms. The van der Waals surface area contributed by atoms with E-state index in [1.165, 1.54) is 0 Å². The molecule has 0 bridgehead atoms. The molecule has 26 heavy (non-hydrogen) atoms. The molecule has 2 N–H and O–H groups in total. The Balaban J connectivity index is 2.70. The second-order valence-corrected chi connectivity index (χ2v) is 10.1. The summed E-state index contributed by atoms with van der Waals surface area (Å²) in [7, 11) is 2.81. The summed E-state index contributed by atoms with van der Waals surface area (Å²) in [5.41, 5.74) is 5.27. The van der Waals surface area contributed by atoms with Crippen LogP contribution in [0.4, 0.5) is 0 Å². The molecule has 0 radical (unpaired) electrons. The minimum atomic E-state index is -0.183. The number of rotatable bonds is 2. The number of hydrogen-bond acceptors (Lipinski definition) is 2. The van der Waals surface area contributed by atoms with Crippen molar-refractivity contribution in [1.29, 1.82) is 0 Å². The Bertz CT molecular complexity index is 754. The van der Waals surface area contributed by atoms with E-state index in [2.05, 4.69) is 50.8 Å². The lowest BCUT2D eigenvalue weighted by Crippen LogP contribution is -2.14. The highest BCUT2D eigenvalue weighted by atomic mass is 31.0. The molecule has 0 spiro atoms. The lowest BCUT2D eigenvalue weighted by Gasteiger charge is -2.27. The molecule has 0 aromatic heterocycles. The number of phenolic OH excluding ortho intramolecular Hbond substituents is 2. The Kier molecular flexibility index (Phi) is 5.51. The fourth-order valence-electron chi connectivity index (χ4n) is 3.40. The van der Waals surface area contributed by atoms with Crippen LogP contribution in [0.2, 0.25) is 0 Å². The van der Waals surface area contributed by atoms with Crippen LogP contribution >= 0.6 is 9.24 Å². The molecule has 2 aromatic carbocycles. The van der Waals surface area contributed by atoms with Crippen LogP contribution in [0.3, 0.4) is 0 Å². The van der Waals surface area contributed by atoms with Gasteiger partial charge < -0.3 is 10.2 Å². The van der Waals surface area contributed by atoms with Gasteiger partial charge in [0.1, 0.15) is 11.5 Å². The van der Waals surface area contributed by atoms with E-state index in [9.17, 15) is 10.2 Å². The highest BCUT2D eigenvalue weighted by molar-refractivity contribution is 7.17. The minimum absolute atomic E-state index is 0.152. The third kappa shape index (κ3) is 4.07. The molecule has 2 rings (SSSR count). The van der Waals surface area contributed by atoms with Crippen molar-refractivity contribution >= 4 is 9.24 Å². The number of aromatic hydroxyl groups is 2. The van der Waals surface area contributed by atoms with Gasteiger partial charge in [-0.15, -0.1) is 9.24 Å². The summed E-state index contributed by atoms with van der Waals surface area (Å²) in [6, 6.07) is 8.13. The first-order valence-corrected chi connectivity index (χ1v) is 9.83. The molecule has 0 fully saturated rings. The van der Waals surface area contributed by atoms with Crippen molar-refractivity contribution in [2.24, 2.45) is 0 Å².